The second-order valence-electron chi connectivity index (χ2n) is 4.26. The van der Waals surface area contributed by atoms with E-state index in [0.717, 1.165) is 5.56 Å². The highest BCUT2D eigenvalue weighted by Gasteiger charge is 2.15. The SMILES string of the molecule is Cc1ccc(OCc2ccn(C)n2)c(S(N)(=O)=O)c1. The summed E-state index contributed by atoms with van der Waals surface area (Å²) in [5.74, 6) is 0.235. The zero-order valence-corrected chi connectivity index (χ0v) is 11.5. The summed E-state index contributed by atoms with van der Waals surface area (Å²) < 4.78 is 30.1. The second kappa shape index (κ2) is 5.02. The number of benzene rings is 1. The van der Waals surface area contributed by atoms with Crippen LogP contribution in [0.2, 0.25) is 0 Å². The van der Waals surface area contributed by atoms with Gasteiger partial charge in [-0.3, -0.25) is 4.68 Å². The summed E-state index contributed by atoms with van der Waals surface area (Å²) in [5, 5.41) is 9.32. The van der Waals surface area contributed by atoms with Gasteiger partial charge in [-0.05, 0) is 30.7 Å². The zero-order chi connectivity index (χ0) is 14.0. The fourth-order valence-corrected chi connectivity index (χ4v) is 2.41. The van der Waals surface area contributed by atoms with Crippen molar-refractivity contribution in [2.24, 2.45) is 12.2 Å². The van der Waals surface area contributed by atoms with Crippen LogP contribution in [0.5, 0.6) is 5.75 Å². The predicted molar refractivity (Wildman–Crippen MR) is 70.1 cm³/mol. The van der Waals surface area contributed by atoms with Gasteiger partial charge < -0.3 is 4.74 Å². The first-order chi connectivity index (χ1) is 8.86. The highest BCUT2D eigenvalue weighted by molar-refractivity contribution is 7.89. The van der Waals surface area contributed by atoms with Crippen LogP contribution in [-0.4, -0.2) is 18.2 Å². The van der Waals surface area contributed by atoms with Gasteiger partial charge in [0, 0.05) is 13.2 Å². The number of primary sulfonamides is 1. The van der Waals surface area contributed by atoms with Gasteiger partial charge in [0.15, 0.2) is 0 Å². The van der Waals surface area contributed by atoms with E-state index in [1.807, 2.05) is 0 Å². The van der Waals surface area contributed by atoms with Gasteiger partial charge in [-0.1, -0.05) is 6.07 Å². The van der Waals surface area contributed by atoms with Crippen LogP contribution in [-0.2, 0) is 23.7 Å². The van der Waals surface area contributed by atoms with Crippen LogP contribution < -0.4 is 9.88 Å². The maximum Gasteiger partial charge on any atom is 0.241 e. The van der Waals surface area contributed by atoms with Crippen molar-refractivity contribution < 1.29 is 13.2 Å². The average molecular weight is 281 g/mol. The van der Waals surface area contributed by atoms with Crippen LogP contribution in [0.15, 0.2) is 35.4 Å². The Morgan fingerprint density at radius 1 is 1.37 bits per heavy atom. The molecule has 0 fully saturated rings. The Kier molecular flexibility index (Phi) is 3.59. The van der Waals surface area contributed by atoms with E-state index in [9.17, 15) is 8.42 Å². The number of aromatic nitrogens is 2. The van der Waals surface area contributed by atoms with E-state index in [-0.39, 0.29) is 17.3 Å². The molecule has 0 radical (unpaired) electrons. The fraction of sp³-hybridized carbons (Fsp3) is 0.250. The molecule has 0 saturated carbocycles. The smallest absolute Gasteiger partial charge is 0.241 e. The minimum atomic E-state index is -3.81. The molecule has 0 bridgehead atoms. The lowest BCUT2D eigenvalue weighted by molar-refractivity contribution is 0.292. The van der Waals surface area contributed by atoms with Crippen LogP contribution in [0, 0.1) is 6.92 Å². The molecule has 6 nitrogen and oxygen atoms in total. The average Bonchev–Trinajstić information content (AvgIpc) is 2.72. The zero-order valence-electron chi connectivity index (χ0n) is 10.7. The Morgan fingerprint density at radius 2 is 2.11 bits per heavy atom. The van der Waals surface area contributed by atoms with Crippen LogP contribution in [0.25, 0.3) is 0 Å². The molecule has 7 heteroatoms. The molecule has 0 unspecified atom stereocenters. The number of nitrogens with zero attached hydrogens (tertiary/aromatic N) is 2. The summed E-state index contributed by atoms with van der Waals surface area (Å²) in [6, 6.07) is 6.65. The number of aryl methyl sites for hydroxylation is 2. The van der Waals surface area contributed by atoms with Gasteiger partial charge in [-0.2, -0.15) is 5.10 Å². The predicted octanol–water partition coefficient (Wildman–Crippen LogP) is 0.955. The van der Waals surface area contributed by atoms with Crippen molar-refractivity contribution in [3.05, 3.63) is 41.7 Å². The summed E-state index contributed by atoms with van der Waals surface area (Å²) >= 11 is 0. The normalized spacial score (nSPS) is 11.5. The molecular weight excluding hydrogens is 266 g/mol. The number of rotatable bonds is 4. The first-order valence-electron chi connectivity index (χ1n) is 5.61. The van der Waals surface area contributed by atoms with E-state index in [0.29, 0.717) is 5.69 Å². The maximum atomic E-state index is 11.5. The number of nitrogens with two attached hydrogens (primary N) is 1. The first-order valence-corrected chi connectivity index (χ1v) is 7.15. The van der Waals surface area contributed by atoms with Gasteiger partial charge in [-0.15, -0.1) is 0 Å². The molecule has 0 aliphatic rings. The summed E-state index contributed by atoms with van der Waals surface area (Å²) in [6.45, 7) is 1.98. The molecule has 1 aromatic heterocycles. The van der Waals surface area contributed by atoms with Crippen molar-refractivity contribution >= 4 is 10.0 Å². The molecule has 0 atom stereocenters. The van der Waals surface area contributed by atoms with E-state index in [1.54, 1.807) is 43.0 Å². The lowest BCUT2D eigenvalue weighted by Crippen LogP contribution is -2.14. The van der Waals surface area contributed by atoms with Crippen LogP contribution >= 0.6 is 0 Å². The quantitative estimate of drug-likeness (QED) is 0.904. The molecule has 102 valence electrons. The van der Waals surface area contributed by atoms with Crippen LogP contribution in [0.1, 0.15) is 11.3 Å². The number of hydrogen-bond acceptors (Lipinski definition) is 4. The lowest BCUT2D eigenvalue weighted by Gasteiger charge is -2.09. The van der Waals surface area contributed by atoms with Crippen LogP contribution in [0.4, 0.5) is 0 Å². The second-order valence-corrected chi connectivity index (χ2v) is 5.79. The fourth-order valence-electron chi connectivity index (χ4n) is 1.65. The number of hydrogen-bond donors (Lipinski definition) is 1. The lowest BCUT2D eigenvalue weighted by atomic mass is 10.2. The molecule has 1 heterocycles. The topological polar surface area (TPSA) is 87.2 Å². The molecule has 0 amide bonds. The van der Waals surface area contributed by atoms with Gasteiger partial charge in [0.05, 0.1) is 5.69 Å². The Bertz CT molecular complexity index is 692. The van der Waals surface area contributed by atoms with Crippen molar-refractivity contribution in [1.29, 1.82) is 0 Å². The minimum absolute atomic E-state index is 0.0107. The number of ether oxygens (including phenoxy) is 1. The molecule has 2 N–H and O–H groups in total. The van der Waals surface area contributed by atoms with E-state index in [4.69, 9.17) is 9.88 Å². The van der Waals surface area contributed by atoms with E-state index < -0.39 is 10.0 Å². The van der Waals surface area contributed by atoms with E-state index >= 15 is 0 Å². The van der Waals surface area contributed by atoms with E-state index in [1.165, 1.54) is 6.07 Å². The van der Waals surface area contributed by atoms with Crippen molar-refractivity contribution in [3.8, 4) is 5.75 Å². The molecule has 0 aliphatic carbocycles. The van der Waals surface area contributed by atoms with Crippen LogP contribution in [0.3, 0.4) is 0 Å². The van der Waals surface area contributed by atoms with Gasteiger partial charge >= 0.3 is 0 Å². The molecule has 2 aromatic rings. The molecule has 19 heavy (non-hydrogen) atoms. The minimum Gasteiger partial charge on any atom is -0.486 e. The summed E-state index contributed by atoms with van der Waals surface area (Å²) in [4.78, 5) is -0.0107. The molecular formula is C12H15N3O3S. The number of sulfonamides is 1. The molecule has 0 aliphatic heterocycles. The third-order valence-corrected chi connectivity index (χ3v) is 3.48. The molecule has 0 saturated heterocycles. The highest BCUT2D eigenvalue weighted by Crippen LogP contribution is 2.24. The van der Waals surface area contributed by atoms with Gasteiger partial charge in [0.1, 0.15) is 17.3 Å². The van der Waals surface area contributed by atoms with Crippen molar-refractivity contribution in [2.45, 2.75) is 18.4 Å². The highest BCUT2D eigenvalue weighted by atomic mass is 32.2. The molecule has 0 spiro atoms. The Labute approximate surface area is 111 Å². The molecule has 2 rings (SSSR count). The maximum absolute atomic E-state index is 11.5. The van der Waals surface area contributed by atoms with Gasteiger partial charge in [-0.25, -0.2) is 13.6 Å². The summed E-state index contributed by atoms with van der Waals surface area (Å²) in [6.07, 6.45) is 1.79. The standard InChI is InChI=1S/C12H15N3O3S/c1-9-3-4-11(12(7-9)19(13,16)17)18-8-10-5-6-15(2)14-10/h3-7H,8H2,1-2H3,(H2,13,16,17). The van der Waals surface area contributed by atoms with Crippen molar-refractivity contribution in [2.75, 3.05) is 0 Å². The Hall–Kier alpha value is -1.86. The van der Waals surface area contributed by atoms with E-state index in [2.05, 4.69) is 5.10 Å². The van der Waals surface area contributed by atoms with Gasteiger partial charge in [0.2, 0.25) is 10.0 Å². The Balaban J connectivity index is 2.25. The third kappa shape index (κ3) is 3.33. The third-order valence-electron chi connectivity index (χ3n) is 2.55. The summed E-state index contributed by atoms with van der Waals surface area (Å²) in [7, 11) is -2.01. The van der Waals surface area contributed by atoms with Crippen molar-refractivity contribution in [3.63, 3.8) is 0 Å². The monoisotopic (exact) mass is 281 g/mol. The van der Waals surface area contributed by atoms with Gasteiger partial charge in [0.25, 0.3) is 0 Å². The Morgan fingerprint density at radius 3 is 2.68 bits per heavy atom. The largest absolute Gasteiger partial charge is 0.486 e. The molecule has 1 aromatic carbocycles. The van der Waals surface area contributed by atoms with Crippen molar-refractivity contribution in [1.82, 2.24) is 9.78 Å². The first kappa shape index (κ1) is 13.6. The summed E-state index contributed by atoms with van der Waals surface area (Å²) in [5.41, 5.74) is 1.51.